The minimum atomic E-state index is -0.477. The van der Waals surface area contributed by atoms with Crippen molar-refractivity contribution in [1.82, 2.24) is 10.9 Å². The number of rotatable bonds is 8. The van der Waals surface area contributed by atoms with Gasteiger partial charge < -0.3 is 9.73 Å². The summed E-state index contributed by atoms with van der Waals surface area (Å²) < 4.78 is 4.98. The second kappa shape index (κ2) is 9.92. The van der Waals surface area contributed by atoms with Crippen molar-refractivity contribution in [3.05, 3.63) is 59.5 Å². The van der Waals surface area contributed by atoms with Crippen molar-refractivity contribution in [1.29, 1.82) is 0 Å². The number of hydrogen-bond acceptors (Lipinski definition) is 3. The molecular weight excluding hydrogens is 342 g/mol. The number of amides is 2. The summed E-state index contributed by atoms with van der Waals surface area (Å²) in [6.07, 6.45) is 2.52. The third-order valence-electron chi connectivity index (χ3n) is 4.84. The molecule has 0 radical (unpaired) electrons. The van der Waals surface area contributed by atoms with Crippen LogP contribution in [0.25, 0.3) is 0 Å². The Morgan fingerprint density at radius 2 is 1.70 bits per heavy atom. The molecule has 27 heavy (non-hydrogen) atoms. The highest BCUT2D eigenvalue weighted by atomic mass is 16.3. The number of nitrogens with one attached hydrogen (secondary N) is 2. The predicted molar refractivity (Wildman–Crippen MR) is 104 cm³/mol. The maximum Gasteiger partial charge on any atom is 0.305 e. The lowest BCUT2D eigenvalue weighted by molar-refractivity contribution is -0.692. The van der Waals surface area contributed by atoms with Gasteiger partial charge in [0.05, 0.1) is 6.26 Å². The number of carbonyl (C=O) groups is 2. The van der Waals surface area contributed by atoms with Gasteiger partial charge in [-0.25, -0.2) is 0 Å². The van der Waals surface area contributed by atoms with Gasteiger partial charge in [0.2, 0.25) is 0 Å². The maximum absolute atomic E-state index is 12.1. The minimum absolute atomic E-state index is 0.153. The van der Waals surface area contributed by atoms with Gasteiger partial charge in [-0.15, -0.1) is 0 Å². The summed E-state index contributed by atoms with van der Waals surface area (Å²) in [6.45, 7) is 8.91. The number of carbonyl (C=O) groups excluding carboxylic acids is 2. The molecule has 2 amide bonds. The molecule has 0 unspecified atom stereocenters. The first-order chi connectivity index (χ1) is 12.9. The fourth-order valence-corrected chi connectivity index (χ4v) is 2.96. The van der Waals surface area contributed by atoms with Crippen LogP contribution in [0.4, 0.5) is 0 Å². The topological polar surface area (TPSA) is 88.0 Å². The molecule has 0 saturated heterocycles. The van der Waals surface area contributed by atoms with Crippen LogP contribution in [0.15, 0.2) is 47.1 Å². The molecule has 4 N–H and O–H groups in total. The van der Waals surface area contributed by atoms with Crippen molar-refractivity contribution in [3.63, 3.8) is 0 Å². The zero-order valence-electron chi connectivity index (χ0n) is 16.5. The monoisotopic (exact) mass is 372 g/mol. The molecule has 0 aliphatic heterocycles. The van der Waals surface area contributed by atoms with E-state index in [0.29, 0.717) is 11.8 Å². The molecule has 146 valence electrons. The molecule has 6 nitrogen and oxygen atoms in total. The zero-order valence-corrected chi connectivity index (χ0v) is 16.5. The van der Waals surface area contributed by atoms with Crippen molar-refractivity contribution >= 4 is 11.8 Å². The van der Waals surface area contributed by atoms with Crippen molar-refractivity contribution in [3.8, 4) is 0 Å². The summed E-state index contributed by atoms with van der Waals surface area (Å²) in [5, 5.41) is 2.00. The molecule has 2 rings (SSSR count). The lowest BCUT2D eigenvalue weighted by Gasteiger charge is -2.20. The molecular formula is C21H30N3O3+. The Hall–Kier alpha value is -2.60. The highest BCUT2D eigenvalue weighted by molar-refractivity contribution is 5.92. The van der Waals surface area contributed by atoms with Gasteiger partial charge in [0.1, 0.15) is 6.04 Å². The SMILES string of the molecule is CC[C@H](C)c1ccc([C@@H]([NH2+]CC(=O)NNC(=O)c2ccco2)C(C)C)cc1. The third-order valence-corrected chi connectivity index (χ3v) is 4.84. The summed E-state index contributed by atoms with van der Waals surface area (Å²) in [4.78, 5) is 23.8. The van der Waals surface area contributed by atoms with E-state index >= 15 is 0 Å². The summed E-state index contributed by atoms with van der Waals surface area (Å²) in [6, 6.07) is 12.0. The van der Waals surface area contributed by atoms with Crippen LogP contribution in [0, 0.1) is 5.92 Å². The van der Waals surface area contributed by atoms with Crippen LogP contribution in [-0.2, 0) is 4.79 Å². The Bertz CT molecular complexity index is 724. The van der Waals surface area contributed by atoms with Gasteiger partial charge in [0, 0.05) is 11.5 Å². The fraction of sp³-hybridized carbons (Fsp3) is 0.429. The first-order valence-corrected chi connectivity index (χ1v) is 9.48. The van der Waals surface area contributed by atoms with E-state index in [-0.39, 0.29) is 24.3 Å². The number of benzene rings is 1. The van der Waals surface area contributed by atoms with Crippen LogP contribution >= 0.6 is 0 Å². The number of hydrogen-bond donors (Lipinski definition) is 3. The van der Waals surface area contributed by atoms with Gasteiger partial charge in [-0.3, -0.25) is 20.4 Å². The largest absolute Gasteiger partial charge is 0.459 e. The molecule has 0 spiro atoms. The van der Waals surface area contributed by atoms with E-state index in [2.05, 4.69) is 62.8 Å². The first kappa shape index (κ1) is 20.7. The van der Waals surface area contributed by atoms with Crippen LogP contribution in [0.1, 0.15) is 67.8 Å². The Morgan fingerprint density at radius 1 is 1.04 bits per heavy atom. The molecule has 1 aromatic heterocycles. The van der Waals surface area contributed by atoms with Crippen molar-refractivity contribution in [2.24, 2.45) is 5.92 Å². The molecule has 6 heteroatoms. The molecule has 0 aliphatic rings. The van der Waals surface area contributed by atoms with Crippen LogP contribution < -0.4 is 16.2 Å². The van der Waals surface area contributed by atoms with Gasteiger partial charge in [-0.2, -0.15) is 0 Å². The van der Waals surface area contributed by atoms with Crippen molar-refractivity contribution in [2.45, 2.75) is 46.1 Å². The van der Waals surface area contributed by atoms with Crippen LogP contribution in [-0.4, -0.2) is 18.4 Å². The highest BCUT2D eigenvalue weighted by Crippen LogP contribution is 2.22. The maximum atomic E-state index is 12.1. The molecule has 1 aromatic carbocycles. The molecule has 0 bridgehead atoms. The standard InChI is InChI=1S/C21H29N3O3/c1-5-15(4)16-8-10-17(11-9-16)20(14(2)3)22-13-19(25)23-24-21(26)18-7-6-12-27-18/h6-12,14-15,20,22H,5,13H2,1-4H3,(H,23,25)(H,24,26)/p+1/t15-,20-/m0/s1. The molecule has 1 heterocycles. The fourth-order valence-electron chi connectivity index (χ4n) is 2.96. The molecule has 0 aliphatic carbocycles. The smallest absolute Gasteiger partial charge is 0.305 e. The first-order valence-electron chi connectivity index (χ1n) is 9.48. The van der Waals surface area contributed by atoms with Crippen molar-refractivity contribution in [2.75, 3.05) is 6.54 Å². The van der Waals surface area contributed by atoms with E-state index in [1.165, 1.54) is 23.5 Å². The number of quaternary nitrogens is 1. The number of hydrazine groups is 1. The highest BCUT2D eigenvalue weighted by Gasteiger charge is 2.21. The molecule has 0 saturated carbocycles. The lowest BCUT2D eigenvalue weighted by atomic mass is 9.92. The van der Waals surface area contributed by atoms with Crippen LogP contribution in [0.3, 0.4) is 0 Å². The summed E-state index contributed by atoms with van der Waals surface area (Å²) in [5.74, 6) is 0.320. The summed E-state index contributed by atoms with van der Waals surface area (Å²) >= 11 is 0. The van der Waals surface area contributed by atoms with E-state index in [0.717, 1.165) is 6.42 Å². The lowest BCUT2D eigenvalue weighted by Crippen LogP contribution is -2.88. The summed E-state index contributed by atoms with van der Waals surface area (Å²) in [5.41, 5.74) is 7.30. The predicted octanol–water partition coefficient (Wildman–Crippen LogP) is 2.51. The Morgan fingerprint density at radius 3 is 2.26 bits per heavy atom. The minimum Gasteiger partial charge on any atom is -0.459 e. The zero-order chi connectivity index (χ0) is 19.8. The average Bonchev–Trinajstić information content (AvgIpc) is 3.20. The second-order valence-electron chi connectivity index (χ2n) is 7.17. The summed E-state index contributed by atoms with van der Waals surface area (Å²) in [7, 11) is 0. The third kappa shape index (κ3) is 5.96. The van der Waals surface area contributed by atoms with Gasteiger partial charge in [0.15, 0.2) is 12.3 Å². The van der Waals surface area contributed by atoms with E-state index in [1.807, 2.05) is 5.32 Å². The normalized spacial score (nSPS) is 13.2. The number of nitrogens with two attached hydrogens (primary N) is 1. The number of furan rings is 1. The van der Waals surface area contributed by atoms with Gasteiger partial charge in [-0.05, 0) is 30.0 Å². The van der Waals surface area contributed by atoms with Gasteiger partial charge >= 0.3 is 5.91 Å². The van der Waals surface area contributed by atoms with Crippen molar-refractivity contribution < 1.29 is 19.3 Å². The van der Waals surface area contributed by atoms with Gasteiger partial charge in [0.25, 0.3) is 5.91 Å². The van der Waals surface area contributed by atoms with E-state index in [1.54, 1.807) is 6.07 Å². The average molecular weight is 372 g/mol. The van der Waals surface area contributed by atoms with Crippen LogP contribution in [0.2, 0.25) is 0 Å². The molecule has 2 aromatic rings. The van der Waals surface area contributed by atoms with E-state index < -0.39 is 5.91 Å². The second-order valence-corrected chi connectivity index (χ2v) is 7.17. The quantitative estimate of drug-likeness (QED) is 0.622. The van der Waals surface area contributed by atoms with E-state index in [9.17, 15) is 9.59 Å². The Kier molecular flexibility index (Phi) is 7.61. The Balaban J connectivity index is 1.88. The van der Waals surface area contributed by atoms with Crippen LogP contribution in [0.5, 0.6) is 0 Å². The Labute approximate surface area is 160 Å². The van der Waals surface area contributed by atoms with E-state index in [4.69, 9.17) is 4.42 Å². The molecule has 0 fully saturated rings. The molecule has 2 atom stereocenters. The van der Waals surface area contributed by atoms with Gasteiger partial charge in [-0.1, -0.05) is 52.0 Å².